The van der Waals surface area contributed by atoms with Crippen LogP contribution >= 0.6 is 0 Å². The van der Waals surface area contributed by atoms with Gasteiger partial charge in [0.1, 0.15) is 0 Å². The van der Waals surface area contributed by atoms with Gasteiger partial charge in [-0.2, -0.15) is 8.42 Å². The lowest BCUT2D eigenvalue weighted by Crippen LogP contribution is -2.46. The molecule has 0 aromatic rings. The molecule has 2 atom stereocenters. The summed E-state index contributed by atoms with van der Waals surface area (Å²) in [5.41, 5.74) is 0. The van der Waals surface area contributed by atoms with E-state index >= 15 is 0 Å². The Balaban J connectivity index is 4.11. The molecule has 6 nitrogen and oxygen atoms in total. The van der Waals surface area contributed by atoms with Crippen molar-refractivity contribution < 1.29 is 22.9 Å². The summed E-state index contributed by atoms with van der Waals surface area (Å²) in [6, 6.07) is -1.11. The molecule has 0 rings (SSSR count). The van der Waals surface area contributed by atoms with Crippen molar-refractivity contribution in [1.82, 2.24) is 5.32 Å². The largest absolute Gasteiger partial charge is 0.387 e. The van der Waals surface area contributed by atoms with E-state index in [1.54, 1.807) is 6.08 Å². The van der Waals surface area contributed by atoms with Gasteiger partial charge in [0.25, 0.3) is 10.1 Å². The van der Waals surface area contributed by atoms with Gasteiger partial charge in [0.2, 0.25) is 5.91 Å². The van der Waals surface area contributed by atoms with Gasteiger partial charge < -0.3 is 10.4 Å². The first-order valence-electron chi connectivity index (χ1n) is 21.6. The number of hydrogen-bond donors (Lipinski definition) is 3. The van der Waals surface area contributed by atoms with Crippen LogP contribution in [0.2, 0.25) is 0 Å². The first-order chi connectivity index (χ1) is 26.8. The lowest BCUT2D eigenvalue weighted by Gasteiger charge is -2.21. The van der Waals surface area contributed by atoms with Gasteiger partial charge in [-0.3, -0.25) is 9.35 Å². The zero-order valence-electron chi connectivity index (χ0n) is 34.8. The SMILES string of the molecule is CC/C=C\C/C=C\C/C=C\C/C=C\C/C=C\C/C=C\C/C=C\CCCC(=O)NC(CS(=O)(=O)O)C(O)/C=C/CC/C=C/CCCCCCCCCCCCC. The fourth-order valence-electron chi connectivity index (χ4n) is 5.75. The first-order valence-corrected chi connectivity index (χ1v) is 23.2. The Kier molecular flexibility index (Phi) is 38.4. The highest BCUT2D eigenvalue weighted by atomic mass is 32.2. The molecule has 55 heavy (non-hydrogen) atoms. The van der Waals surface area contributed by atoms with Crippen LogP contribution in [0, 0.1) is 0 Å². The van der Waals surface area contributed by atoms with E-state index < -0.39 is 28.0 Å². The number of carbonyl (C=O) groups excluding carboxylic acids is 1. The second-order valence-corrected chi connectivity index (χ2v) is 15.7. The van der Waals surface area contributed by atoms with Crippen LogP contribution in [0.4, 0.5) is 0 Å². The average Bonchev–Trinajstić information content (AvgIpc) is 3.15. The van der Waals surface area contributed by atoms with Crippen molar-refractivity contribution in [3.8, 4) is 0 Å². The normalized spacial score (nSPS) is 14.3. The molecule has 0 spiro atoms. The molecule has 0 aromatic carbocycles. The molecule has 3 N–H and O–H groups in total. The molecule has 312 valence electrons. The van der Waals surface area contributed by atoms with Gasteiger partial charge in [0, 0.05) is 6.42 Å². The van der Waals surface area contributed by atoms with Gasteiger partial charge in [-0.05, 0) is 83.5 Å². The number of nitrogens with one attached hydrogen (secondary N) is 1. The van der Waals surface area contributed by atoms with Gasteiger partial charge in [-0.25, -0.2) is 0 Å². The van der Waals surface area contributed by atoms with Crippen molar-refractivity contribution in [2.45, 2.75) is 180 Å². The monoisotopic (exact) mass is 782 g/mol. The Morgan fingerprint density at radius 3 is 1.36 bits per heavy atom. The van der Waals surface area contributed by atoms with Crippen molar-refractivity contribution >= 4 is 16.0 Å². The van der Waals surface area contributed by atoms with Crippen LogP contribution in [-0.2, 0) is 14.9 Å². The molecule has 0 heterocycles. The smallest absolute Gasteiger partial charge is 0.267 e. The molecule has 0 saturated heterocycles. The van der Waals surface area contributed by atoms with Gasteiger partial charge in [-0.1, -0.05) is 187 Å². The van der Waals surface area contributed by atoms with Crippen molar-refractivity contribution in [3.63, 3.8) is 0 Å². The molecule has 0 fully saturated rings. The van der Waals surface area contributed by atoms with E-state index in [9.17, 15) is 22.9 Å². The Bertz CT molecular complexity index is 1270. The van der Waals surface area contributed by atoms with Crippen LogP contribution in [-0.4, -0.2) is 41.9 Å². The minimum Gasteiger partial charge on any atom is -0.387 e. The summed E-state index contributed by atoms with van der Waals surface area (Å²) in [5, 5.41) is 13.2. The van der Waals surface area contributed by atoms with Crippen LogP contribution in [0.3, 0.4) is 0 Å². The van der Waals surface area contributed by atoms with E-state index in [4.69, 9.17) is 0 Å². The molecule has 0 aliphatic rings. The molecule has 0 saturated carbocycles. The van der Waals surface area contributed by atoms with Gasteiger partial charge in [0.05, 0.1) is 17.9 Å². The first kappa shape index (κ1) is 52.0. The highest BCUT2D eigenvalue weighted by molar-refractivity contribution is 7.85. The summed E-state index contributed by atoms with van der Waals surface area (Å²) in [7, 11) is -4.38. The minimum absolute atomic E-state index is 0.201. The quantitative estimate of drug-likeness (QED) is 0.0331. The second-order valence-electron chi connectivity index (χ2n) is 14.2. The molecule has 0 radical (unpaired) electrons. The number of unbranched alkanes of at least 4 members (excludes halogenated alkanes) is 13. The van der Waals surface area contributed by atoms with Crippen molar-refractivity contribution in [3.05, 3.63) is 109 Å². The van der Waals surface area contributed by atoms with Gasteiger partial charge in [-0.15, -0.1) is 0 Å². The minimum atomic E-state index is -4.38. The average molecular weight is 782 g/mol. The van der Waals surface area contributed by atoms with Crippen LogP contribution in [0.5, 0.6) is 0 Å². The number of carbonyl (C=O) groups is 1. The van der Waals surface area contributed by atoms with E-state index in [0.717, 1.165) is 57.8 Å². The van der Waals surface area contributed by atoms with E-state index in [-0.39, 0.29) is 12.3 Å². The third-order valence-electron chi connectivity index (χ3n) is 8.93. The number of hydrogen-bond acceptors (Lipinski definition) is 4. The number of aliphatic hydroxyl groups is 1. The maximum atomic E-state index is 12.5. The lowest BCUT2D eigenvalue weighted by molar-refractivity contribution is -0.122. The van der Waals surface area contributed by atoms with Crippen LogP contribution in [0.25, 0.3) is 0 Å². The zero-order chi connectivity index (χ0) is 40.3. The number of aliphatic hydroxyl groups excluding tert-OH is 1. The molecule has 0 aliphatic heterocycles. The molecule has 2 unspecified atom stereocenters. The highest BCUT2D eigenvalue weighted by Gasteiger charge is 2.24. The summed E-state index contributed by atoms with van der Waals surface area (Å²) in [5.74, 6) is -1.09. The molecule has 0 aromatic heterocycles. The standard InChI is InChI=1S/C48H79NO5S/c1-3-5-7-9-11-13-15-17-19-21-22-23-24-25-26-28-30-32-34-36-38-40-42-44-48(51)49-46(45-55(52,53)54)47(50)43-41-39-37-35-33-31-29-27-20-18-16-14-12-10-8-6-4-2/h5,7,11,13,17,19,22-23,25-26,30,32-33,35-36,38,41,43,46-47,50H,3-4,6,8-10,12,14-16,18,20-21,24,27-29,31,34,37,39-40,42,44-45H2,1-2H3,(H,49,51)(H,52,53,54)/b7-5-,13-11-,19-17-,23-22-,26-25-,32-30-,35-33+,38-36-,43-41+. The van der Waals surface area contributed by atoms with E-state index in [1.807, 2.05) is 6.08 Å². The second kappa shape index (κ2) is 40.7. The van der Waals surface area contributed by atoms with Crippen molar-refractivity contribution in [2.24, 2.45) is 0 Å². The van der Waals surface area contributed by atoms with E-state index in [2.05, 4.69) is 110 Å². The number of amides is 1. The Labute approximate surface area is 338 Å². The topological polar surface area (TPSA) is 104 Å². The third-order valence-corrected chi connectivity index (χ3v) is 9.71. The van der Waals surface area contributed by atoms with Crippen LogP contribution in [0.15, 0.2) is 109 Å². The molecule has 1 amide bonds. The van der Waals surface area contributed by atoms with Gasteiger partial charge in [0.15, 0.2) is 0 Å². The summed E-state index contributed by atoms with van der Waals surface area (Å²) in [6.45, 7) is 4.40. The fourth-order valence-corrected chi connectivity index (χ4v) is 6.48. The molecule has 0 bridgehead atoms. The third kappa shape index (κ3) is 42.0. The zero-order valence-corrected chi connectivity index (χ0v) is 35.6. The van der Waals surface area contributed by atoms with E-state index in [0.29, 0.717) is 19.3 Å². The Morgan fingerprint density at radius 2 is 0.891 bits per heavy atom. The lowest BCUT2D eigenvalue weighted by atomic mass is 10.1. The molecule has 0 aliphatic carbocycles. The molecular weight excluding hydrogens is 703 g/mol. The Hall–Kier alpha value is -3.00. The Morgan fingerprint density at radius 1 is 0.509 bits per heavy atom. The summed E-state index contributed by atoms with van der Waals surface area (Å²) in [6.07, 6.45) is 62.2. The van der Waals surface area contributed by atoms with Crippen molar-refractivity contribution in [1.29, 1.82) is 0 Å². The number of allylic oxidation sites excluding steroid dienone is 17. The highest BCUT2D eigenvalue weighted by Crippen LogP contribution is 2.12. The summed E-state index contributed by atoms with van der Waals surface area (Å²) >= 11 is 0. The maximum absolute atomic E-state index is 12.5. The summed E-state index contributed by atoms with van der Waals surface area (Å²) < 4.78 is 32.5. The van der Waals surface area contributed by atoms with Gasteiger partial charge >= 0.3 is 0 Å². The van der Waals surface area contributed by atoms with Crippen LogP contribution < -0.4 is 5.32 Å². The predicted octanol–water partition coefficient (Wildman–Crippen LogP) is 13.1. The van der Waals surface area contributed by atoms with Crippen molar-refractivity contribution in [2.75, 3.05) is 5.75 Å². The molecule has 7 heteroatoms. The predicted molar refractivity (Wildman–Crippen MR) is 239 cm³/mol. The molecular formula is C48H79NO5S. The fraction of sp³-hybridized carbons (Fsp3) is 0.604. The number of rotatable bonds is 37. The maximum Gasteiger partial charge on any atom is 0.267 e. The summed E-state index contributed by atoms with van der Waals surface area (Å²) in [4.78, 5) is 12.5. The van der Waals surface area contributed by atoms with E-state index in [1.165, 1.54) is 76.7 Å². The van der Waals surface area contributed by atoms with Crippen LogP contribution in [0.1, 0.15) is 168 Å².